The van der Waals surface area contributed by atoms with E-state index in [4.69, 9.17) is 22.1 Å². The maximum Gasteiger partial charge on any atom is 0.122 e. The molecule has 2 nitrogen and oxygen atoms in total. The van der Waals surface area contributed by atoms with Crippen LogP contribution in [-0.2, 0) is 13.0 Å². The van der Waals surface area contributed by atoms with Gasteiger partial charge in [-0.2, -0.15) is 0 Å². The Morgan fingerprint density at radius 2 is 1.74 bits per heavy atom. The number of ether oxygens (including phenoxy) is 1. The van der Waals surface area contributed by atoms with Crippen molar-refractivity contribution in [1.82, 2.24) is 0 Å². The molecule has 100 valence electrons. The number of benzene rings is 2. The number of hydrogen-bond acceptors (Lipinski definition) is 2. The summed E-state index contributed by atoms with van der Waals surface area (Å²) < 4.78 is 5.88. The molecule has 0 spiro atoms. The van der Waals surface area contributed by atoms with E-state index in [9.17, 15) is 0 Å². The molecule has 2 aromatic carbocycles. The fourth-order valence-electron chi connectivity index (χ4n) is 1.89. The van der Waals surface area contributed by atoms with Crippen LogP contribution in [0.1, 0.15) is 17.5 Å². The van der Waals surface area contributed by atoms with E-state index in [-0.39, 0.29) is 0 Å². The second-order valence-corrected chi connectivity index (χ2v) is 4.85. The summed E-state index contributed by atoms with van der Waals surface area (Å²) in [6.45, 7) is 1.25. The summed E-state index contributed by atoms with van der Waals surface area (Å²) in [5, 5.41) is 0.743. The van der Waals surface area contributed by atoms with E-state index >= 15 is 0 Å². The molecule has 0 heterocycles. The molecule has 2 rings (SSSR count). The first-order chi connectivity index (χ1) is 9.29. The minimum atomic E-state index is 0.552. The van der Waals surface area contributed by atoms with Gasteiger partial charge >= 0.3 is 0 Å². The van der Waals surface area contributed by atoms with Crippen molar-refractivity contribution in [2.45, 2.75) is 19.4 Å². The summed E-state index contributed by atoms with van der Waals surface area (Å²) in [6.07, 6.45) is 1.93. The second kappa shape index (κ2) is 7.17. The lowest BCUT2D eigenvalue weighted by Crippen LogP contribution is -2.03. The Hall–Kier alpha value is -1.51. The molecule has 0 bridgehead atoms. The van der Waals surface area contributed by atoms with E-state index < -0.39 is 0 Å². The average Bonchev–Trinajstić information content (AvgIpc) is 2.45. The quantitative estimate of drug-likeness (QED) is 0.870. The Bertz CT molecular complexity index is 510. The Balaban J connectivity index is 2.00. The van der Waals surface area contributed by atoms with Crippen LogP contribution in [0.25, 0.3) is 0 Å². The molecule has 0 aliphatic carbocycles. The lowest BCUT2D eigenvalue weighted by atomic mass is 10.1. The third-order valence-electron chi connectivity index (χ3n) is 2.93. The topological polar surface area (TPSA) is 35.2 Å². The van der Waals surface area contributed by atoms with E-state index in [1.165, 1.54) is 5.56 Å². The van der Waals surface area contributed by atoms with Crippen molar-refractivity contribution in [1.29, 1.82) is 0 Å². The highest BCUT2D eigenvalue weighted by molar-refractivity contribution is 6.30. The summed E-state index contributed by atoms with van der Waals surface area (Å²) in [5.41, 5.74) is 7.87. The SMILES string of the molecule is NCCCc1ccccc1OCc1ccc(Cl)cc1. The number of aryl methyl sites for hydroxylation is 1. The third kappa shape index (κ3) is 4.27. The average molecular weight is 276 g/mol. The van der Waals surface area contributed by atoms with Crippen molar-refractivity contribution in [3.63, 3.8) is 0 Å². The van der Waals surface area contributed by atoms with Gasteiger partial charge in [-0.3, -0.25) is 0 Å². The predicted molar refractivity (Wildman–Crippen MR) is 79.6 cm³/mol. The van der Waals surface area contributed by atoms with Crippen LogP contribution in [0.4, 0.5) is 0 Å². The third-order valence-corrected chi connectivity index (χ3v) is 3.18. The van der Waals surface area contributed by atoms with Crippen molar-refractivity contribution in [3.8, 4) is 5.75 Å². The van der Waals surface area contributed by atoms with Crippen LogP contribution in [0, 0.1) is 0 Å². The van der Waals surface area contributed by atoms with Gasteiger partial charge in [0.2, 0.25) is 0 Å². The van der Waals surface area contributed by atoms with Crippen LogP contribution >= 0.6 is 11.6 Å². The fraction of sp³-hybridized carbons (Fsp3) is 0.250. The second-order valence-electron chi connectivity index (χ2n) is 4.42. The zero-order chi connectivity index (χ0) is 13.5. The van der Waals surface area contributed by atoms with Crippen molar-refractivity contribution in [2.24, 2.45) is 5.73 Å². The first-order valence-electron chi connectivity index (χ1n) is 6.45. The van der Waals surface area contributed by atoms with Gasteiger partial charge in [-0.25, -0.2) is 0 Å². The van der Waals surface area contributed by atoms with Gasteiger partial charge in [-0.05, 0) is 48.7 Å². The maximum absolute atomic E-state index is 5.88. The lowest BCUT2D eigenvalue weighted by molar-refractivity contribution is 0.303. The van der Waals surface area contributed by atoms with Gasteiger partial charge in [-0.15, -0.1) is 0 Å². The molecule has 0 saturated carbocycles. The van der Waals surface area contributed by atoms with E-state index in [1.807, 2.05) is 42.5 Å². The molecule has 2 aromatic rings. The van der Waals surface area contributed by atoms with Gasteiger partial charge in [0.05, 0.1) is 0 Å². The largest absolute Gasteiger partial charge is 0.489 e. The van der Waals surface area contributed by atoms with Crippen LogP contribution < -0.4 is 10.5 Å². The number of rotatable bonds is 6. The zero-order valence-electron chi connectivity index (χ0n) is 10.8. The van der Waals surface area contributed by atoms with Crippen molar-refractivity contribution >= 4 is 11.6 Å². The molecule has 0 atom stereocenters. The summed E-state index contributed by atoms with van der Waals surface area (Å²) in [4.78, 5) is 0. The zero-order valence-corrected chi connectivity index (χ0v) is 11.6. The Kier molecular flexibility index (Phi) is 5.25. The normalized spacial score (nSPS) is 10.4. The van der Waals surface area contributed by atoms with E-state index in [0.717, 1.165) is 29.2 Å². The summed E-state index contributed by atoms with van der Waals surface area (Å²) >= 11 is 5.86. The molecule has 0 radical (unpaired) electrons. The number of hydrogen-bond donors (Lipinski definition) is 1. The Morgan fingerprint density at radius 3 is 2.47 bits per heavy atom. The van der Waals surface area contributed by atoms with Crippen LogP contribution in [0.2, 0.25) is 5.02 Å². The van der Waals surface area contributed by atoms with Gasteiger partial charge in [0.25, 0.3) is 0 Å². The molecule has 3 heteroatoms. The van der Waals surface area contributed by atoms with Gasteiger partial charge < -0.3 is 10.5 Å². The minimum absolute atomic E-state index is 0.552. The van der Waals surface area contributed by atoms with E-state index in [0.29, 0.717) is 13.2 Å². The number of halogens is 1. The predicted octanol–water partition coefficient (Wildman–Crippen LogP) is 3.81. The molecule has 0 amide bonds. The molecular weight excluding hydrogens is 258 g/mol. The van der Waals surface area contributed by atoms with Crippen LogP contribution in [0.3, 0.4) is 0 Å². The highest BCUT2D eigenvalue weighted by atomic mass is 35.5. The van der Waals surface area contributed by atoms with Crippen molar-refractivity contribution in [2.75, 3.05) is 6.54 Å². The van der Waals surface area contributed by atoms with E-state index in [1.54, 1.807) is 0 Å². The van der Waals surface area contributed by atoms with Crippen molar-refractivity contribution in [3.05, 3.63) is 64.7 Å². The first kappa shape index (κ1) is 13.9. The minimum Gasteiger partial charge on any atom is -0.489 e. The van der Waals surface area contributed by atoms with Gasteiger partial charge in [0, 0.05) is 5.02 Å². The molecular formula is C16H18ClNO. The Morgan fingerprint density at radius 1 is 1.00 bits per heavy atom. The smallest absolute Gasteiger partial charge is 0.122 e. The van der Waals surface area contributed by atoms with E-state index in [2.05, 4.69) is 6.07 Å². The van der Waals surface area contributed by atoms with Crippen molar-refractivity contribution < 1.29 is 4.74 Å². The molecule has 0 unspecified atom stereocenters. The highest BCUT2D eigenvalue weighted by Gasteiger charge is 2.03. The molecule has 19 heavy (non-hydrogen) atoms. The molecule has 0 aliphatic rings. The summed E-state index contributed by atoms with van der Waals surface area (Å²) in [5.74, 6) is 0.936. The van der Waals surface area contributed by atoms with Crippen LogP contribution in [-0.4, -0.2) is 6.54 Å². The van der Waals surface area contributed by atoms with Gasteiger partial charge in [0.15, 0.2) is 0 Å². The maximum atomic E-state index is 5.88. The number of nitrogens with two attached hydrogens (primary N) is 1. The van der Waals surface area contributed by atoms with Crippen LogP contribution in [0.5, 0.6) is 5.75 Å². The monoisotopic (exact) mass is 275 g/mol. The van der Waals surface area contributed by atoms with Gasteiger partial charge in [0.1, 0.15) is 12.4 Å². The molecule has 0 aromatic heterocycles. The van der Waals surface area contributed by atoms with Gasteiger partial charge in [-0.1, -0.05) is 41.9 Å². The first-order valence-corrected chi connectivity index (χ1v) is 6.82. The highest BCUT2D eigenvalue weighted by Crippen LogP contribution is 2.21. The van der Waals surface area contributed by atoms with Crippen LogP contribution in [0.15, 0.2) is 48.5 Å². The fourth-order valence-corrected chi connectivity index (χ4v) is 2.01. The molecule has 0 aliphatic heterocycles. The molecule has 0 fully saturated rings. The number of para-hydroxylation sites is 1. The summed E-state index contributed by atoms with van der Waals surface area (Å²) in [6, 6.07) is 15.8. The molecule has 0 saturated heterocycles. The Labute approximate surface area is 119 Å². The summed E-state index contributed by atoms with van der Waals surface area (Å²) in [7, 11) is 0. The molecule has 2 N–H and O–H groups in total. The standard InChI is InChI=1S/C16H18ClNO/c17-15-9-7-13(8-10-15)12-19-16-6-2-1-4-14(16)5-3-11-18/h1-2,4,6-10H,3,5,11-12,18H2. The lowest BCUT2D eigenvalue weighted by Gasteiger charge is -2.11.